The van der Waals surface area contributed by atoms with Crippen molar-refractivity contribution in [1.29, 1.82) is 0 Å². The van der Waals surface area contributed by atoms with Crippen LogP contribution in [0.25, 0.3) is 0 Å². The molecule has 2 aliphatic rings. The predicted molar refractivity (Wildman–Crippen MR) is 126 cm³/mol. The predicted octanol–water partition coefficient (Wildman–Crippen LogP) is 2.65. The summed E-state index contributed by atoms with van der Waals surface area (Å²) in [5.41, 5.74) is 1.12. The Morgan fingerprint density at radius 3 is 2.52 bits per heavy atom. The maximum absolute atomic E-state index is 13.0. The molecule has 2 saturated heterocycles. The first kappa shape index (κ1) is 23.3. The Hall–Kier alpha value is -2.88. The number of aromatic nitrogens is 2. The minimum atomic E-state index is -0.291. The monoisotopic (exact) mass is 473 g/mol. The Balaban J connectivity index is 1.25. The molecule has 2 amide bonds. The lowest BCUT2D eigenvalue weighted by Gasteiger charge is -2.38. The molecule has 0 unspecified atom stereocenters. The molecule has 1 aromatic heterocycles. The first-order chi connectivity index (χ1) is 16.1. The highest BCUT2D eigenvalue weighted by molar-refractivity contribution is 7.09. The summed E-state index contributed by atoms with van der Waals surface area (Å²) in [5.74, 6) is 1.87. The van der Waals surface area contributed by atoms with Crippen molar-refractivity contribution in [3.63, 3.8) is 0 Å². The van der Waals surface area contributed by atoms with Crippen LogP contribution in [0.4, 0.5) is 9.93 Å². The second kappa shape index (κ2) is 10.8. The van der Waals surface area contributed by atoms with Crippen LogP contribution in [-0.2, 0) is 16.0 Å². The van der Waals surface area contributed by atoms with E-state index in [1.54, 1.807) is 18.9 Å². The number of carbonyl (C=O) groups is 2. The van der Waals surface area contributed by atoms with E-state index in [1.807, 2.05) is 29.2 Å². The highest BCUT2D eigenvalue weighted by Crippen LogP contribution is 2.27. The summed E-state index contributed by atoms with van der Waals surface area (Å²) in [6, 6.07) is 7.95. The molecule has 0 spiro atoms. The van der Waals surface area contributed by atoms with Gasteiger partial charge < -0.3 is 24.2 Å². The number of amides is 2. The van der Waals surface area contributed by atoms with E-state index in [2.05, 4.69) is 9.27 Å². The first-order valence-electron chi connectivity index (χ1n) is 11.5. The standard InChI is InChI=1S/C23H31N5O4S/c1-3-32-23(30)28-13-11-26(12-14-28)21(29)18-7-9-27(10-8-18)22-24-20(25-33-22)16-17-5-4-6-19(15-17)31-2/h4-6,15,18H,3,7-14,16H2,1-2H3. The number of hydrogen-bond acceptors (Lipinski definition) is 8. The van der Waals surface area contributed by atoms with E-state index < -0.39 is 0 Å². The topological polar surface area (TPSA) is 88.1 Å². The summed E-state index contributed by atoms with van der Waals surface area (Å²) in [6.45, 7) is 5.97. The number of anilines is 1. The van der Waals surface area contributed by atoms with Crippen molar-refractivity contribution < 1.29 is 19.1 Å². The molecule has 1 aromatic carbocycles. The summed E-state index contributed by atoms with van der Waals surface area (Å²) in [5, 5.41) is 0.918. The maximum Gasteiger partial charge on any atom is 0.409 e. The maximum atomic E-state index is 13.0. The van der Waals surface area contributed by atoms with Crippen LogP contribution in [0.2, 0.25) is 0 Å². The van der Waals surface area contributed by atoms with Crippen molar-refractivity contribution in [2.75, 3.05) is 57.9 Å². The smallest absolute Gasteiger partial charge is 0.409 e. The third kappa shape index (κ3) is 5.73. The summed E-state index contributed by atoms with van der Waals surface area (Å²) in [7, 11) is 1.66. The van der Waals surface area contributed by atoms with Crippen LogP contribution in [0.15, 0.2) is 24.3 Å². The van der Waals surface area contributed by atoms with Gasteiger partial charge in [0.2, 0.25) is 11.0 Å². The first-order valence-corrected chi connectivity index (χ1v) is 12.3. The molecule has 0 bridgehead atoms. The molecule has 0 radical (unpaired) electrons. The van der Waals surface area contributed by atoms with Crippen LogP contribution < -0.4 is 9.64 Å². The fraction of sp³-hybridized carbons (Fsp3) is 0.565. The number of hydrogen-bond donors (Lipinski definition) is 0. The molecule has 10 heteroatoms. The van der Waals surface area contributed by atoms with E-state index in [0.717, 1.165) is 48.2 Å². The molecule has 0 N–H and O–H groups in total. The van der Waals surface area contributed by atoms with Gasteiger partial charge in [0.05, 0.1) is 13.7 Å². The van der Waals surface area contributed by atoms with Gasteiger partial charge in [-0.3, -0.25) is 4.79 Å². The van der Waals surface area contributed by atoms with Gasteiger partial charge in [-0.1, -0.05) is 12.1 Å². The molecule has 2 aromatic rings. The van der Waals surface area contributed by atoms with E-state index in [9.17, 15) is 9.59 Å². The highest BCUT2D eigenvalue weighted by Gasteiger charge is 2.32. The van der Waals surface area contributed by atoms with Crippen molar-refractivity contribution in [2.45, 2.75) is 26.2 Å². The number of rotatable bonds is 6. The summed E-state index contributed by atoms with van der Waals surface area (Å²) < 4.78 is 14.9. The quantitative estimate of drug-likeness (QED) is 0.637. The molecule has 2 aliphatic heterocycles. The number of nitrogens with zero attached hydrogens (tertiary/aromatic N) is 5. The molecule has 0 atom stereocenters. The third-order valence-electron chi connectivity index (χ3n) is 6.19. The zero-order valence-electron chi connectivity index (χ0n) is 19.2. The van der Waals surface area contributed by atoms with Crippen LogP contribution in [-0.4, -0.2) is 84.1 Å². The van der Waals surface area contributed by atoms with Crippen LogP contribution in [0.1, 0.15) is 31.2 Å². The molecule has 33 heavy (non-hydrogen) atoms. The number of piperidine rings is 1. The Morgan fingerprint density at radius 1 is 1.09 bits per heavy atom. The average Bonchev–Trinajstić information content (AvgIpc) is 3.32. The second-order valence-corrected chi connectivity index (χ2v) is 9.02. The van der Waals surface area contributed by atoms with Crippen LogP contribution >= 0.6 is 11.5 Å². The molecule has 178 valence electrons. The van der Waals surface area contributed by atoms with Crippen molar-refractivity contribution >= 4 is 28.7 Å². The SMILES string of the molecule is CCOC(=O)N1CCN(C(=O)C2CCN(c3nc(Cc4cccc(OC)c4)ns3)CC2)CC1. The van der Waals surface area contributed by atoms with E-state index in [0.29, 0.717) is 39.2 Å². The number of benzene rings is 1. The third-order valence-corrected chi connectivity index (χ3v) is 7.00. The van der Waals surface area contributed by atoms with Crippen LogP contribution in [0.3, 0.4) is 0 Å². The van der Waals surface area contributed by atoms with Crippen molar-refractivity contribution in [2.24, 2.45) is 5.92 Å². The molecule has 3 heterocycles. The van der Waals surface area contributed by atoms with Gasteiger partial charge in [-0.05, 0) is 37.5 Å². The molecule has 4 rings (SSSR count). The molecule has 0 aliphatic carbocycles. The number of ether oxygens (including phenoxy) is 2. The molecular weight excluding hydrogens is 442 g/mol. The molecular formula is C23H31N5O4S. The Labute approximate surface area is 198 Å². The van der Waals surface area contributed by atoms with Gasteiger partial charge in [0, 0.05) is 63.1 Å². The highest BCUT2D eigenvalue weighted by atomic mass is 32.1. The fourth-order valence-electron chi connectivity index (χ4n) is 4.31. The van der Waals surface area contributed by atoms with Gasteiger partial charge in [-0.15, -0.1) is 0 Å². The van der Waals surface area contributed by atoms with Gasteiger partial charge in [0.15, 0.2) is 0 Å². The Bertz CT molecular complexity index is 952. The van der Waals surface area contributed by atoms with E-state index >= 15 is 0 Å². The normalized spacial score (nSPS) is 17.2. The average molecular weight is 474 g/mol. The summed E-state index contributed by atoms with van der Waals surface area (Å²) in [4.78, 5) is 35.4. The van der Waals surface area contributed by atoms with E-state index in [4.69, 9.17) is 14.5 Å². The zero-order valence-corrected chi connectivity index (χ0v) is 20.1. The van der Waals surface area contributed by atoms with Gasteiger partial charge in [0.1, 0.15) is 11.6 Å². The van der Waals surface area contributed by atoms with E-state index in [1.165, 1.54) is 11.5 Å². The second-order valence-electron chi connectivity index (χ2n) is 8.29. The van der Waals surface area contributed by atoms with Gasteiger partial charge >= 0.3 is 6.09 Å². The summed E-state index contributed by atoms with van der Waals surface area (Å²) >= 11 is 1.42. The van der Waals surface area contributed by atoms with Crippen LogP contribution in [0, 0.1) is 5.92 Å². The minimum Gasteiger partial charge on any atom is -0.497 e. The van der Waals surface area contributed by atoms with Gasteiger partial charge in [0.25, 0.3) is 0 Å². The Kier molecular flexibility index (Phi) is 7.64. The number of piperazine rings is 1. The Morgan fingerprint density at radius 2 is 1.82 bits per heavy atom. The molecule has 9 nitrogen and oxygen atoms in total. The fourth-order valence-corrected chi connectivity index (χ4v) is 5.05. The van der Waals surface area contributed by atoms with Crippen molar-refractivity contribution in [1.82, 2.24) is 19.2 Å². The lowest BCUT2D eigenvalue weighted by Crippen LogP contribution is -2.53. The zero-order chi connectivity index (χ0) is 23.2. The lowest BCUT2D eigenvalue weighted by molar-refractivity contribution is -0.137. The van der Waals surface area contributed by atoms with Gasteiger partial charge in [-0.2, -0.15) is 4.37 Å². The molecule has 0 saturated carbocycles. The summed E-state index contributed by atoms with van der Waals surface area (Å²) in [6.07, 6.45) is 1.99. The molecule has 2 fully saturated rings. The van der Waals surface area contributed by atoms with E-state index in [-0.39, 0.29) is 17.9 Å². The number of methoxy groups -OCH3 is 1. The van der Waals surface area contributed by atoms with Gasteiger partial charge in [-0.25, -0.2) is 9.78 Å². The van der Waals surface area contributed by atoms with Crippen molar-refractivity contribution in [3.8, 4) is 5.75 Å². The largest absolute Gasteiger partial charge is 0.497 e. The number of carbonyl (C=O) groups excluding carboxylic acids is 2. The lowest BCUT2D eigenvalue weighted by atomic mass is 9.95. The van der Waals surface area contributed by atoms with Crippen molar-refractivity contribution in [3.05, 3.63) is 35.7 Å². The van der Waals surface area contributed by atoms with Crippen LogP contribution in [0.5, 0.6) is 5.75 Å². The minimum absolute atomic E-state index is 0.0274.